The number of hydrogen-bond donors (Lipinski definition) is 2. The van der Waals surface area contributed by atoms with Crippen LogP contribution in [0.5, 0.6) is 0 Å². The Kier molecular flexibility index (Phi) is 4.90. The molecule has 7 heteroatoms. The second-order valence-electron chi connectivity index (χ2n) is 6.35. The number of aliphatic hydroxyl groups is 1. The van der Waals surface area contributed by atoms with E-state index in [4.69, 9.17) is 5.11 Å². The number of piperidine rings is 1. The number of carbonyl (C=O) groups is 1. The first kappa shape index (κ1) is 17.0. The van der Waals surface area contributed by atoms with Crippen molar-refractivity contribution in [3.8, 4) is 11.8 Å². The predicted molar refractivity (Wildman–Crippen MR) is 94.8 cm³/mol. The van der Waals surface area contributed by atoms with Crippen LogP contribution in [-0.2, 0) is 11.3 Å². The third-order valence-corrected chi connectivity index (χ3v) is 5.34. The summed E-state index contributed by atoms with van der Waals surface area (Å²) >= 11 is 1.68. The molecule has 1 aromatic heterocycles. The van der Waals surface area contributed by atoms with E-state index in [2.05, 4.69) is 33.1 Å². The minimum absolute atomic E-state index is 0.0311. The Morgan fingerprint density at radius 1 is 1.46 bits per heavy atom. The molecule has 2 aliphatic rings. The van der Waals surface area contributed by atoms with Gasteiger partial charge >= 0.3 is 0 Å². The molecule has 1 saturated heterocycles. The lowest BCUT2D eigenvalue weighted by Gasteiger charge is -2.35. The summed E-state index contributed by atoms with van der Waals surface area (Å²) in [5.74, 6) is 6.29. The van der Waals surface area contributed by atoms with Gasteiger partial charge in [-0.3, -0.25) is 15.0 Å². The summed E-state index contributed by atoms with van der Waals surface area (Å²) in [5, 5.41) is 13.6. The SMILES string of the molecule is CN(C)C1=NC2(CCN(Cc3cc(C#CCO)cs3)CC2)C(=O)N1. The molecule has 3 heterocycles. The fraction of sp³-hybridized carbons (Fsp3) is 0.529. The van der Waals surface area contributed by atoms with Crippen LogP contribution in [0.25, 0.3) is 0 Å². The Hall–Kier alpha value is -1.88. The normalized spacial score (nSPS) is 19.6. The molecule has 1 fully saturated rings. The zero-order valence-corrected chi connectivity index (χ0v) is 14.8. The second-order valence-corrected chi connectivity index (χ2v) is 7.35. The summed E-state index contributed by atoms with van der Waals surface area (Å²) in [6.45, 7) is 2.46. The first-order chi connectivity index (χ1) is 11.5. The van der Waals surface area contributed by atoms with Crippen LogP contribution >= 0.6 is 11.3 Å². The number of amides is 1. The minimum Gasteiger partial charge on any atom is -0.384 e. The minimum atomic E-state index is -0.580. The van der Waals surface area contributed by atoms with Crippen molar-refractivity contribution < 1.29 is 9.90 Å². The first-order valence-corrected chi connectivity index (χ1v) is 8.88. The van der Waals surface area contributed by atoms with Crippen molar-refractivity contribution in [2.75, 3.05) is 33.8 Å². The molecule has 0 aromatic carbocycles. The maximum atomic E-state index is 12.3. The van der Waals surface area contributed by atoms with E-state index in [1.165, 1.54) is 4.88 Å². The largest absolute Gasteiger partial charge is 0.384 e. The molecule has 1 amide bonds. The maximum absolute atomic E-state index is 12.3. The molecule has 128 valence electrons. The number of nitrogens with zero attached hydrogens (tertiary/aromatic N) is 3. The van der Waals surface area contributed by atoms with Crippen LogP contribution in [-0.4, -0.2) is 66.1 Å². The van der Waals surface area contributed by atoms with Crippen LogP contribution in [0, 0.1) is 11.8 Å². The second kappa shape index (κ2) is 6.93. The van der Waals surface area contributed by atoms with E-state index in [0.717, 1.165) is 38.0 Å². The standard InChI is InChI=1S/C17H22N4O2S/c1-20(2)16-18-15(23)17(19-16)5-7-21(8-6-17)11-14-10-13(12-24-14)4-3-9-22/h10,12,22H,5-9,11H2,1-2H3,(H,18,19,23). The summed E-state index contributed by atoms with van der Waals surface area (Å²) in [6, 6.07) is 2.07. The van der Waals surface area contributed by atoms with Gasteiger partial charge in [0.05, 0.1) is 0 Å². The fourth-order valence-corrected chi connectivity index (χ4v) is 3.88. The molecule has 3 rings (SSSR count). The van der Waals surface area contributed by atoms with Gasteiger partial charge in [0.2, 0.25) is 5.96 Å². The zero-order chi connectivity index (χ0) is 17.2. The summed E-state index contributed by atoms with van der Waals surface area (Å²) in [7, 11) is 3.78. The lowest BCUT2D eigenvalue weighted by Crippen LogP contribution is -2.49. The van der Waals surface area contributed by atoms with Crippen molar-refractivity contribution in [1.29, 1.82) is 0 Å². The van der Waals surface area contributed by atoms with Gasteiger partial charge in [-0.2, -0.15) is 0 Å². The smallest absolute Gasteiger partial charge is 0.254 e. The Morgan fingerprint density at radius 2 is 2.21 bits per heavy atom. The van der Waals surface area contributed by atoms with Crippen molar-refractivity contribution >= 4 is 23.2 Å². The Morgan fingerprint density at radius 3 is 2.83 bits per heavy atom. The van der Waals surface area contributed by atoms with Gasteiger partial charge in [0.15, 0.2) is 0 Å². The van der Waals surface area contributed by atoms with E-state index in [0.29, 0.717) is 5.96 Å². The molecule has 0 radical (unpaired) electrons. The number of carbonyl (C=O) groups excluding carboxylic acids is 1. The van der Waals surface area contributed by atoms with Gasteiger partial charge in [-0.05, 0) is 18.9 Å². The molecule has 0 saturated carbocycles. The summed E-state index contributed by atoms with van der Waals surface area (Å²) in [5.41, 5.74) is 0.372. The van der Waals surface area contributed by atoms with E-state index < -0.39 is 5.54 Å². The Labute approximate surface area is 146 Å². The van der Waals surface area contributed by atoms with Crippen LogP contribution in [0.2, 0.25) is 0 Å². The molecule has 1 aromatic rings. The molecular weight excluding hydrogens is 324 g/mol. The van der Waals surface area contributed by atoms with Gasteiger partial charge in [-0.25, -0.2) is 4.99 Å². The molecule has 2 aliphatic heterocycles. The van der Waals surface area contributed by atoms with Crippen LogP contribution in [0.1, 0.15) is 23.3 Å². The highest BCUT2D eigenvalue weighted by atomic mass is 32.1. The lowest BCUT2D eigenvalue weighted by molar-refractivity contribution is -0.125. The molecule has 24 heavy (non-hydrogen) atoms. The molecular formula is C17H22N4O2S. The van der Waals surface area contributed by atoms with Crippen LogP contribution in [0.3, 0.4) is 0 Å². The van der Waals surface area contributed by atoms with Gasteiger partial charge < -0.3 is 10.0 Å². The molecule has 0 unspecified atom stereocenters. The number of thiophene rings is 1. The molecule has 6 nitrogen and oxygen atoms in total. The lowest BCUT2D eigenvalue weighted by atomic mass is 9.88. The number of guanidine groups is 1. The number of nitrogens with one attached hydrogen (secondary N) is 1. The Balaban J connectivity index is 1.59. The Bertz CT molecular complexity index is 706. The average molecular weight is 346 g/mol. The van der Waals surface area contributed by atoms with E-state index in [-0.39, 0.29) is 12.5 Å². The van der Waals surface area contributed by atoms with Gasteiger partial charge in [-0.15, -0.1) is 11.3 Å². The summed E-state index contributed by atoms with van der Waals surface area (Å²) in [6.07, 6.45) is 1.50. The maximum Gasteiger partial charge on any atom is 0.254 e. The van der Waals surface area contributed by atoms with Gasteiger partial charge in [0.25, 0.3) is 5.91 Å². The van der Waals surface area contributed by atoms with E-state index in [9.17, 15) is 4.79 Å². The summed E-state index contributed by atoms with van der Waals surface area (Å²) < 4.78 is 0. The van der Waals surface area contributed by atoms with Crippen molar-refractivity contribution in [2.24, 2.45) is 4.99 Å². The van der Waals surface area contributed by atoms with Crippen LogP contribution in [0.4, 0.5) is 0 Å². The average Bonchev–Trinajstić information content (AvgIpc) is 3.13. The molecule has 0 bridgehead atoms. The highest BCUT2D eigenvalue weighted by Gasteiger charge is 2.46. The number of aliphatic hydroxyl groups excluding tert-OH is 1. The van der Waals surface area contributed by atoms with Gasteiger partial charge in [0.1, 0.15) is 12.1 Å². The predicted octanol–water partition coefficient (Wildman–Crippen LogP) is 0.474. The van der Waals surface area contributed by atoms with E-state index >= 15 is 0 Å². The van der Waals surface area contributed by atoms with Crippen molar-refractivity contribution in [2.45, 2.75) is 24.9 Å². The monoisotopic (exact) mass is 346 g/mol. The molecule has 0 aliphatic carbocycles. The van der Waals surface area contributed by atoms with Gasteiger partial charge in [-0.1, -0.05) is 11.8 Å². The number of aliphatic imine (C=N–C) groups is 1. The molecule has 0 atom stereocenters. The van der Waals surface area contributed by atoms with Crippen LogP contribution in [0.15, 0.2) is 16.4 Å². The third-order valence-electron chi connectivity index (χ3n) is 4.42. The zero-order valence-electron chi connectivity index (χ0n) is 14.0. The highest BCUT2D eigenvalue weighted by Crippen LogP contribution is 2.31. The first-order valence-electron chi connectivity index (χ1n) is 8.00. The number of likely N-dealkylation sites (tertiary alicyclic amines) is 1. The van der Waals surface area contributed by atoms with Crippen molar-refractivity contribution in [3.63, 3.8) is 0 Å². The summed E-state index contributed by atoms with van der Waals surface area (Å²) in [4.78, 5) is 22.4. The molecule has 2 N–H and O–H groups in total. The van der Waals surface area contributed by atoms with Gasteiger partial charge in [0, 0.05) is 49.6 Å². The molecule has 1 spiro atoms. The quantitative estimate of drug-likeness (QED) is 0.764. The number of rotatable bonds is 2. The third kappa shape index (κ3) is 3.46. The highest BCUT2D eigenvalue weighted by molar-refractivity contribution is 7.10. The van der Waals surface area contributed by atoms with Crippen molar-refractivity contribution in [1.82, 2.24) is 15.1 Å². The topological polar surface area (TPSA) is 68.2 Å². The fourth-order valence-electron chi connectivity index (χ4n) is 3.02. The van der Waals surface area contributed by atoms with Crippen molar-refractivity contribution in [3.05, 3.63) is 21.9 Å². The van der Waals surface area contributed by atoms with E-state index in [1.807, 2.05) is 24.4 Å². The van der Waals surface area contributed by atoms with E-state index in [1.54, 1.807) is 11.3 Å². The van der Waals surface area contributed by atoms with Crippen LogP contribution < -0.4 is 5.32 Å². The number of hydrogen-bond acceptors (Lipinski definition) is 6.